The van der Waals surface area contributed by atoms with Gasteiger partial charge in [-0.1, -0.05) is 31.8 Å². The lowest BCUT2D eigenvalue weighted by atomic mass is 9.75. The highest BCUT2D eigenvalue weighted by Gasteiger charge is 2.59. The van der Waals surface area contributed by atoms with E-state index in [2.05, 4.69) is 31.8 Å². The molecule has 0 amide bonds. The van der Waals surface area contributed by atoms with Gasteiger partial charge in [0.2, 0.25) is 0 Å². The van der Waals surface area contributed by atoms with E-state index in [1.165, 1.54) is 12.2 Å². The van der Waals surface area contributed by atoms with Gasteiger partial charge in [-0.05, 0) is 29.5 Å². The summed E-state index contributed by atoms with van der Waals surface area (Å²) in [5.74, 6) is 0.930. The zero-order chi connectivity index (χ0) is 12.4. The molecular formula is C14H18O2Si. The molecule has 1 fully saturated rings. The van der Waals surface area contributed by atoms with Gasteiger partial charge in [-0.25, -0.2) is 0 Å². The number of hydrogen-bond acceptors (Lipinski definition) is 2. The van der Waals surface area contributed by atoms with Crippen molar-refractivity contribution in [3.8, 4) is 0 Å². The van der Waals surface area contributed by atoms with Crippen LogP contribution in [-0.4, -0.2) is 19.6 Å². The summed E-state index contributed by atoms with van der Waals surface area (Å²) < 4.78 is 0. The second-order valence-corrected chi connectivity index (χ2v) is 12.0. The van der Waals surface area contributed by atoms with E-state index >= 15 is 0 Å². The highest BCUT2D eigenvalue weighted by Crippen LogP contribution is 2.60. The summed E-state index contributed by atoms with van der Waals surface area (Å²) in [6.45, 7) is 7.05. The Morgan fingerprint density at radius 3 is 1.65 bits per heavy atom. The highest BCUT2D eigenvalue weighted by molar-refractivity contribution is 6.78. The molecule has 0 aromatic rings. The lowest BCUT2D eigenvalue weighted by molar-refractivity contribution is -0.129. The van der Waals surface area contributed by atoms with Crippen LogP contribution < -0.4 is 0 Å². The van der Waals surface area contributed by atoms with Crippen LogP contribution in [-0.2, 0) is 9.59 Å². The molecule has 3 aliphatic rings. The zero-order valence-electron chi connectivity index (χ0n) is 10.5. The fourth-order valence-corrected chi connectivity index (χ4v) is 7.14. The van der Waals surface area contributed by atoms with Crippen LogP contribution in [0.3, 0.4) is 0 Å². The van der Waals surface area contributed by atoms with Gasteiger partial charge in [0.25, 0.3) is 0 Å². The standard InChI is InChI=1S/C14H18O2Si/c1-17(2,3)14-8-4-5-9(14)13-11(16)7-6-10(15)12(8)13/h4-9,12-14H,1-3H3. The second kappa shape index (κ2) is 3.28. The molecule has 90 valence electrons. The first-order valence-electron chi connectivity index (χ1n) is 6.35. The minimum atomic E-state index is -1.33. The maximum Gasteiger partial charge on any atom is 0.160 e. The van der Waals surface area contributed by atoms with Gasteiger partial charge >= 0.3 is 0 Å². The largest absolute Gasteiger partial charge is 0.294 e. The number of hydrogen-bond donors (Lipinski definition) is 0. The van der Waals surface area contributed by atoms with Crippen LogP contribution >= 0.6 is 0 Å². The van der Waals surface area contributed by atoms with Crippen molar-refractivity contribution in [1.29, 1.82) is 0 Å². The first-order valence-corrected chi connectivity index (χ1v) is 9.93. The third kappa shape index (κ3) is 1.38. The van der Waals surface area contributed by atoms with Crippen molar-refractivity contribution in [2.45, 2.75) is 25.2 Å². The van der Waals surface area contributed by atoms with E-state index < -0.39 is 8.07 Å². The zero-order valence-corrected chi connectivity index (χ0v) is 11.5. The Labute approximate surface area is 103 Å². The third-order valence-corrected chi connectivity index (χ3v) is 7.44. The summed E-state index contributed by atoms with van der Waals surface area (Å²) in [5.41, 5.74) is 0.574. The number of allylic oxidation sites excluding steroid dienone is 4. The van der Waals surface area contributed by atoms with Crippen LogP contribution in [0.25, 0.3) is 0 Å². The van der Waals surface area contributed by atoms with Gasteiger partial charge in [0.05, 0.1) is 0 Å². The van der Waals surface area contributed by atoms with Gasteiger partial charge in [0, 0.05) is 19.9 Å². The summed E-state index contributed by atoms with van der Waals surface area (Å²) in [7, 11) is -1.33. The van der Waals surface area contributed by atoms with Crippen molar-refractivity contribution in [3.05, 3.63) is 24.3 Å². The molecular weight excluding hydrogens is 228 g/mol. The fraction of sp³-hybridized carbons (Fsp3) is 0.571. The maximum atomic E-state index is 12.0. The fourth-order valence-electron chi connectivity index (χ4n) is 4.19. The molecule has 17 heavy (non-hydrogen) atoms. The molecule has 0 spiro atoms. The lowest BCUT2D eigenvalue weighted by Gasteiger charge is -2.29. The Kier molecular flexibility index (Phi) is 2.15. The number of rotatable bonds is 1. The summed E-state index contributed by atoms with van der Waals surface area (Å²) in [5, 5.41) is 0. The molecule has 3 heteroatoms. The maximum absolute atomic E-state index is 12.0. The predicted molar refractivity (Wildman–Crippen MR) is 69.4 cm³/mol. The van der Waals surface area contributed by atoms with Crippen molar-refractivity contribution < 1.29 is 9.59 Å². The molecule has 3 aliphatic carbocycles. The monoisotopic (exact) mass is 246 g/mol. The van der Waals surface area contributed by atoms with Crippen molar-refractivity contribution in [2.75, 3.05) is 0 Å². The van der Waals surface area contributed by atoms with Crippen molar-refractivity contribution in [3.63, 3.8) is 0 Å². The van der Waals surface area contributed by atoms with E-state index in [9.17, 15) is 9.59 Å². The highest BCUT2D eigenvalue weighted by atomic mass is 28.3. The number of carbonyl (C=O) groups excluding carboxylic acids is 2. The SMILES string of the molecule is C[Si](C)(C)C1C2C=CC1C1C(=O)C=CC(=O)C21. The Bertz CT molecular complexity index is 421. The molecule has 0 radical (unpaired) electrons. The minimum absolute atomic E-state index is 0.0424. The van der Waals surface area contributed by atoms with Gasteiger partial charge < -0.3 is 0 Å². The molecule has 0 aromatic heterocycles. The molecule has 0 N–H and O–H groups in total. The van der Waals surface area contributed by atoms with E-state index in [-0.39, 0.29) is 23.4 Å². The Hall–Kier alpha value is -0.963. The van der Waals surface area contributed by atoms with Gasteiger partial charge in [-0.3, -0.25) is 9.59 Å². The molecule has 0 heterocycles. The predicted octanol–water partition coefficient (Wildman–Crippen LogP) is 2.45. The molecule has 0 aromatic carbocycles. The normalized spacial score (nSPS) is 43.4. The van der Waals surface area contributed by atoms with Crippen LogP contribution in [0.1, 0.15) is 0 Å². The van der Waals surface area contributed by atoms with Crippen molar-refractivity contribution in [2.24, 2.45) is 23.7 Å². The average Bonchev–Trinajstić information content (AvgIpc) is 2.78. The minimum Gasteiger partial charge on any atom is -0.294 e. The topological polar surface area (TPSA) is 34.1 Å². The van der Waals surface area contributed by atoms with Crippen LogP contribution in [0.5, 0.6) is 0 Å². The molecule has 0 saturated heterocycles. The van der Waals surface area contributed by atoms with Crippen LogP contribution in [0, 0.1) is 23.7 Å². The second-order valence-electron chi connectivity index (χ2n) is 6.62. The van der Waals surface area contributed by atoms with Gasteiger partial charge in [0.1, 0.15) is 0 Å². The van der Waals surface area contributed by atoms with E-state index in [0.29, 0.717) is 17.4 Å². The van der Waals surface area contributed by atoms with Crippen molar-refractivity contribution >= 4 is 19.6 Å². The summed E-state index contributed by atoms with van der Waals surface area (Å²) in [6.07, 6.45) is 7.41. The average molecular weight is 246 g/mol. The van der Waals surface area contributed by atoms with Crippen LogP contribution in [0.15, 0.2) is 24.3 Å². The van der Waals surface area contributed by atoms with E-state index in [0.717, 1.165) is 0 Å². The van der Waals surface area contributed by atoms with Gasteiger partial charge in [-0.15, -0.1) is 0 Å². The van der Waals surface area contributed by atoms with E-state index in [1.807, 2.05) is 0 Å². The Morgan fingerprint density at radius 2 is 1.29 bits per heavy atom. The number of fused-ring (bicyclic) bond motifs is 5. The van der Waals surface area contributed by atoms with Crippen LogP contribution in [0.4, 0.5) is 0 Å². The smallest absolute Gasteiger partial charge is 0.160 e. The molecule has 4 unspecified atom stereocenters. The quantitative estimate of drug-likeness (QED) is 0.526. The third-order valence-electron chi connectivity index (χ3n) is 4.67. The molecule has 0 aliphatic heterocycles. The van der Waals surface area contributed by atoms with E-state index in [4.69, 9.17) is 0 Å². The summed E-state index contributed by atoms with van der Waals surface area (Å²) in [6, 6.07) is 0. The van der Waals surface area contributed by atoms with Crippen LogP contribution in [0.2, 0.25) is 25.2 Å². The molecule has 2 nitrogen and oxygen atoms in total. The number of carbonyl (C=O) groups is 2. The molecule has 1 saturated carbocycles. The van der Waals surface area contributed by atoms with E-state index in [1.54, 1.807) is 0 Å². The first kappa shape index (κ1) is 11.1. The molecule has 3 rings (SSSR count). The number of ketones is 2. The summed E-state index contributed by atoms with van der Waals surface area (Å²) in [4.78, 5) is 24.1. The Morgan fingerprint density at radius 1 is 0.882 bits per heavy atom. The molecule has 4 atom stereocenters. The van der Waals surface area contributed by atoms with Gasteiger partial charge in [-0.2, -0.15) is 0 Å². The van der Waals surface area contributed by atoms with Gasteiger partial charge in [0.15, 0.2) is 11.6 Å². The Balaban J connectivity index is 2.06. The summed E-state index contributed by atoms with van der Waals surface area (Å²) >= 11 is 0. The van der Waals surface area contributed by atoms with Crippen molar-refractivity contribution in [1.82, 2.24) is 0 Å². The first-order chi connectivity index (χ1) is 7.91. The molecule has 2 bridgehead atoms. The lowest BCUT2D eigenvalue weighted by Crippen LogP contribution is -2.34.